The van der Waals surface area contributed by atoms with Gasteiger partial charge >= 0.3 is 5.97 Å². The molecule has 0 radical (unpaired) electrons. The monoisotopic (exact) mass is 360 g/mol. The van der Waals surface area contributed by atoms with Crippen LogP contribution in [0.4, 0.5) is 0 Å². The Bertz CT molecular complexity index is 830. The van der Waals surface area contributed by atoms with Gasteiger partial charge in [-0.1, -0.05) is 63.9 Å². The minimum atomic E-state index is -0.465. The van der Waals surface area contributed by atoms with Gasteiger partial charge < -0.3 is 4.74 Å². The quantitative estimate of drug-likeness (QED) is 0.446. The number of fused-ring (bicyclic) bond motifs is 1. The Kier molecular flexibility index (Phi) is 3.95. The molecule has 0 saturated heterocycles. The van der Waals surface area contributed by atoms with Crippen molar-refractivity contribution in [1.29, 1.82) is 0 Å². The Balaban J connectivity index is 2.01. The normalized spacial score (nSPS) is 10.6. The number of carbonyl (C=O) groups excluding carboxylic acids is 1. The molecule has 0 saturated carbocycles. The molecular weight excluding hydrogens is 352 g/mol. The Morgan fingerprint density at radius 2 is 1.57 bits per heavy atom. The van der Waals surface area contributed by atoms with Crippen LogP contribution in [0.15, 0.2) is 65.1 Å². The fourth-order valence-electron chi connectivity index (χ4n) is 2.11. The molecule has 0 N–H and O–H groups in total. The van der Waals surface area contributed by atoms with Gasteiger partial charge in [0.2, 0.25) is 0 Å². The number of hydrogen-bond donors (Lipinski definition) is 0. The second-order valence-electron chi connectivity index (χ2n) is 4.46. The van der Waals surface area contributed by atoms with E-state index in [0.29, 0.717) is 16.3 Å². The average Bonchev–Trinajstić information content (AvgIpc) is 2.51. The SMILES string of the molecule is O=C(Oc1ccc(Br)c2ccccc12)c1ccccc1Cl. The van der Waals surface area contributed by atoms with E-state index >= 15 is 0 Å². The summed E-state index contributed by atoms with van der Waals surface area (Å²) in [5.41, 5.74) is 0.353. The molecule has 0 aliphatic heterocycles. The summed E-state index contributed by atoms with van der Waals surface area (Å²) < 4.78 is 6.46. The third kappa shape index (κ3) is 2.80. The van der Waals surface area contributed by atoms with E-state index in [1.165, 1.54) is 0 Å². The van der Waals surface area contributed by atoms with Crippen LogP contribution in [0, 0.1) is 0 Å². The zero-order chi connectivity index (χ0) is 14.8. The van der Waals surface area contributed by atoms with Crippen LogP contribution in [0.2, 0.25) is 5.02 Å². The Morgan fingerprint density at radius 3 is 2.33 bits per heavy atom. The standard InChI is InChI=1S/C17H10BrClO2/c18-14-9-10-16(12-6-2-1-5-11(12)14)21-17(20)13-7-3-4-8-15(13)19/h1-10H. The number of benzene rings is 3. The first-order valence-electron chi connectivity index (χ1n) is 6.31. The minimum Gasteiger partial charge on any atom is -0.422 e. The van der Waals surface area contributed by atoms with Crippen LogP contribution < -0.4 is 4.74 Å². The van der Waals surface area contributed by atoms with Crippen molar-refractivity contribution < 1.29 is 9.53 Å². The maximum Gasteiger partial charge on any atom is 0.345 e. The lowest BCUT2D eigenvalue weighted by Gasteiger charge is -2.09. The van der Waals surface area contributed by atoms with Gasteiger partial charge in [-0.25, -0.2) is 4.79 Å². The van der Waals surface area contributed by atoms with E-state index in [1.54, 1.807) is 30.3 Å². The van der Waals surface area contributed by atoms with Gasteiger partial charge in [-0.15, -0.1) is 0 Å². The zero-order valence-corrected chi connectivity index (χ0v) is 13.2. The van der Waals surface area contributed by atoms with Gasteiger partial charge in [0.1, 0.15) is 5.75 Å². The molecule has 4 heteroatoms. The van der Waals surface area contributed by atoms with E-state index in [9.17, 15) is 4.79 Å². The second-order valence-corrected chi connectivity index (χ2v) is 5.72. The van der Waals surface area contributed by atoms with Crippen LogP contribution in [0.3, 0.4) is 0 Å². The molecule has 0 fully saturated rings. The molecule has 0 aliphatic carbocycles. The van der Waals surface area contributed by atoms with Gasteiger partial charge in [0.15, 0.2) is 0 Å². The predicted octanol–water partition coefficient (Wildman–Crippen LogP) is 5.47. The molecule has 0 atom stereocenters. The smallest absolute Gasteiger partial charge is 0.345 e. The maximum absolute atomic E-state index is 12.2. The molecule has 3 aromatic carbocycles. The Labute approximate surface area is 135 Å². The molecule has 3 aromatic rings. The fraction of sp³-hybridized carbons (Fsp3) is 0. The molecule has 2 nitrogen and oxygen atoms in total. The van der Waals surface area contributed by atoms with Gasteiger partial charge in [0.05, 0.1) is 10.6 Å². The number of esters is 1. The largest absolute Gasteiger partial charge is 0.422 e. The van der Waals surface area contributed by atoms with E-state index in [4.69, 9.17) is 16.3 Å². The van der Waals surface area contributed by atoms with Crippen molar-refractivity contribution in [2.24, 2.45) is 0 Å². The third-order valence-corrected chi connectivity index (χ3v) is 4.15. The number of halogens is 2. The molecule has 0 spiro atoms. The Hall–Kier alpha value is -1.84. The summed E-state index contributed by atoms with van der Waals surface area (Å²) in [5, 5.41) is 2.23. The molecule has 0 unspecified atom stereocenters. The van der Waals surface area contributed by atoms with Crippen molar-refractivity contribution >= 4 is 44.3 Å². The Morgan fingerprint density at radius 1 is 0.905 bits per heavy atom. The van der Waals surface area contributed by atoms with Gasteiger partial charge in [-0.2, -0.15) is 0 Å². The van der Waals surface area contributed by atoms with Crippen molar-refractivity contribution in [1.82, 2.24) is 0 Å². The fourth-order valence-corrected chi connectivity index (χ4v) is 2.80. The summed E-state index contributed by atoms with van der Waals surface area (Å²) in [6.45, 7) is 0. The highest BCUT2D eigenvalue weighted by Crippen LogP contribution is 2.32. The predicted molar refractivity (Wildman–Crippen MR) is 88.1 cm³/mol. The first-order valence-corrected chi connectivity index (χ1v) is 7.48. The van der Waals surface area contributed by atoms with Crippen LogP contribution >= 0.6 is 27.5 Å². The number of ether oxygens (including phenoxy) is 1. The van der Waals surface area contributed by atoms with E-state index in [0.717, 1.165) is 15.2 Å². The highest BCUT2D eigenvalue weighted by molar-refractivity contribution is 9.10. The summed E-state index contributed by atoms with van der Waals surface area (Å²) in [6, 6.07) is 18.2. The van der Waals surface area contributed by atoms with Crippen molar-refractivity contribution in [2.45, 2.75) is 0 Å². The molecule has 0 aliphatic rings. The zero-order valence-electron chi connectivity index (χ0n) is 10.8. The lowest BCUT2D eigenvalue weighted by Crippen LogP contribution is -2.09. The number of hydrogen-bond acceptors (Lipinski definition) is 2. The van der Waals surface area contributed by atoms with Crippen molar-refractivity contribution in [3.05, 3.63) is 75.7 Å². The van der Waals surface area contributed by atoms with E-state index in [-0.39, 0.29) is 0 Å². The highest BCUT2D eigenvalue weighted by atomic mass is 79.9. The van der Waals surface area contributed by atoms with Gasteiger partial charge in [-0.3, -0.25) is 0 Å². The van der Waals surface area contributed by atoms with Crippen LogP contribution in [-0.4, -0.2) is 5.97 Å². The summed E-state index contributed by atoms with van der Waals surface area (Å²) in [5.74, 6) is 0.0480. The number of carbonyl (C=O) groups is 1. The first kappa shape index (κ1) is 14.1. The third-order valence-electron chi connectivity index (χ3n) is 3.13. The minimum absolute atomic E-state index is 0.353. The van der Waals surface area contributed by atoms with E-state index in [2.05, 4.69) is 15.9 Å². The average molecular weight is 362 g/mol. The lowest BCUT2D eigenvalue weighted by atomic mass is 10.1. The van der Waals surface area contributed by atoms with Crippen molar-refractivity contribution in [2.75, 3.05) is 0 Å². The van der Waals surface area contributed by atoms with Gasteiger partial charge in [0, 0.05) is 9.86 Å². The van der Waals surface area contributed by atoms with Gasteiger partial charge in [0.25, 0.3) is 0 Å². The van der Waals surface area contributed by atoms with Crippen molar-refractivity contribution in [3.8, 4) is 5.75 Å². The molecule has 0 heterocycles. The first-order chi connectivity index (χ1) is 10.2. The summed E-state index contributed by atoms with van der Waals surface area (Å²) in [4.78, 5) is 12.2. The molecule has 21 heavy (non-hydrogen) atoms. The number of rotatable bonds is 2. The lowest BCUT2D eigenvalue weighted by molar-refractivity contribution is 0.0737. The van der Waals surface area contributed by atoms with Crippen molar-refractivity contribution in [3.63, 3.8) is 0 Å². The highest BCUT2D eigenvalue weighted by Gasteiger charge is 2.14. The van der Waals surface area contributed by atoms with Crippen LogP contribution in [0.25, 0.3) is 10.8 Å². The topological polar surface area (TPSA) is 26.3 Å². The molecule has 0 amide bonds. The summed E-state index contributed by atoms with van der Waals surface area (Å²) >= 11 is 9.51. The molecular formula is C17H10BrClO2. The summed E-state index contributed by atoms with van der Waals surface area (Å²) in [6.07, 6.45) is 0. The summed E-state index contributed by atoms with van der Waals surface area (Å²) in [7, 11) is 0. The second kappa shape index (κ2) is 5.88. The van der Waals surface area contributed by atoms with Crippen LogP contribution in [-0.2, 0) is 0 Å². The van der Waals surface area contributed by atoms with E-state index < -0.39 is 5.97 Å². The van der Waals surface area contributed by atoms with Gasteiger partial charge in [-0.05, 0) is 29.7 Å². The molecule has 3 rings (SSSR count). The van der Waals surface area contributed by atoms with E-state index in [1.807, 2.05) is 30.3 Å². The molecule has 104 valence electrons. The van der Waals surface area contributed by atoms with Crippen LogP contribution in [0.5, 0.6) is 5.75 Å². The van der Waals surface area contributed by atoms with Crippen LogP contribution in [0.1, 0.15) is 10.4 Å². The molecule has 0 bridgehead atoms. The molecule has 0 aromatic heterocycles. The maximum atomic E-state index is 12.2.